The summed E-state index contributed by atoms with van der Waals surface area (Å²) in [6.07, 6.45) is 12.2. The van der Waals surface area contributed by atoms with Crippen molar-refractivity contribution in [3.05, 3.63) is 262 Å². The average Bonchev–Trinajstić information content (AvgIpc) is 4.19. The van der Waals surface area contributed by atoms with Crippen LogP contribution in [0, 0.1) is 0 Å². The van der Waals surface area contributed by atoms with Gasteiger partial charge in [0.15, 0.2) is 0 Å². The van der Waals surface area contributed by atoms with Crippen LogP contribution >= 0.6 is 0 Å². The Balaban J connectivity index is 0.000000915. The summed E-state index contributed by atoms with van der Waals surface area (Å²) in [5, 5.41) is 14.9. The van der Waals surface area contributed by atoms with Gasteiger partial charge in [0.05, 0.1) is 17.1 Å². The van der Waals surface area contributed by atoms with Gasteiger partial charge in [0.2, 0.25) is 0 Å². The molecule has 0 saturated carbocycles. The molecule has 10 aromatic carbocycles. The topological polar surface area (TPSA) is 14.8 Å². The molecule has 13 rings (SSSR count). The van der Waals surface area contributed by atoms with E-state index in [1.165, 1.54) is 81.3 Å². The fraction of sp³-hybridized carbons (Fsp3) is 0.0154. The van der Waals surface area contributed by atoms with Crippen molar-refractivity contribution < 1.29 is 0 Å². The molecule has 3 heterocycles. The Morgan fingerprint density at radius 2 is 0.603 bits per heavy atom. The van der Waals surface area contributed by atoms with E-state index in [2.05, 4.69) is 257 Å². The van der Waals surface area contributed by atoms with Gasteiger partial charge in [-0.25, -0.2) is 0 Å². The third-order valence-electron chi connectivity index (χ3n) is 13.4. The number of benzene rings is 10. The summed E-state index contributed by atoms with van der Waals surface area (Å²) in [4.78, 5) is 0. The molecule has 0 atom stereocenters. The van der Waals surface area contributed by atoms with Crippen molar-refractivity contribution in [1.29, 1.82) is 0 Å². The monoisotopic (exact) mass is 869 g/mol. The molecule has 3 nitrogen and oxygen atoms in total. The molecule has 0 saturated heterocycles. The zero-order valence-corrected chi connectivity index (χ0v) is 37.8. The minimum atomic E-state index is 1.08. The van der Waals surface area contributed by atoms with Crippen LogP contribution in [0.25, 0.3) is 115 Å². The first-order chi connectivity index (χ1) is 33.6. The fourth-order valence-electron chi connectivity index (χ4n) is 10.2. The van der Waals surface area contributed by atoms with Gasteiger partial charge in [-0.05, 0) is 163 Å². The highest BCUT2D eigenvalue weighted by molar-refractivity contribution is 6.07. The van der Waals surface area contributed by atoms with Crippen molar-refractivity contribution in [2.45, 2.75) is 6.92 Å². The summed E-state index contributed by atoms with van der Waals surface area (Å²) in [6, 6.07) is 80.2. The summed E-state index contributed by atoms with van der Waals surface area (Å²) in [5.74, 6) is 0. The van der Waals surface area contributed by atoms with Crippen molar-refractivity contribution >= 4 is 64.6 Å². The van der Waals surface area contributed by atoms with Crippen LogP contribution in [0.2, 0.25) is 0 Å². The predicted molar refractivity (Wildman–Crippen MR) is 291 cm³/mol. The van der Waals surface area contributed by atoms with Gasteiger partial charge in [-0.1, -0.05) is 152 Å². The quantitative estimate of drug-likeness (QED) is 0.112. The van der Waals surface area contributed by atoms with Crippen molar-refractivity contribution in [2.75, 3.05) is 0 Å². The maximum absolute atomic E-state index is 3.46. The highest BCUT2D eigenvalue weighted by Crippen LogP contribution is 2.39. The Kier molecular flexibility index (Phi) is 10.2. The molecule has 0 radical (unpaired) electrons. The minimum Gasteiger partial charge on any atom is -0.316 e. The molecule has 0 spiro atoms. The largest absolute Gasteiger partial charge is 0.316 e. The Hall–Kier alpha value is -8.92. The number of nitrogens with zero attached hydrogens (tertiary/aromatic N) is 3. The minimum absolute atomic E-state index is 1.08. The van der Waals surface area contributed by atoms with Crippen molar-refractivity contribution in [3.63, 3.8) is 0 Å². The third-order valence-corrected chi connectivity index (χ3v) is 13.4. The Morgan fingerprint density at radius 1 is 0.309 bits per heavy atom. The average molecular weight is 870 g/mol. The predicted octanol–water partition coefficient (Wildman–Crippen LogP) is 17.7. The Morgan fingerprint density at radius 3 is 0.882 bits per heavy atom. The van der Waals surface area contributed by atoms with E-state index in [-0.39, 0.29) is 0 Å². The van der Waals surface area contributed by atoms with Crippen LogP contribution < -0.4 is 0 Å². The maximum Gasteiger partial charge on any atom is 0.0534 e. The molecule has 13 aromatic rings. The second kappa shape index (κ2) is 17.1. The van der Waals surface area contributed by atoms with E-state index in [1.807, 2.05) is 19.1 Å². The summed E-state index contributed by atoms with van der Waals surface area (Å²) >= 11 is 0. The highest BCUT2D eigenvalue weighted by Gasteiger charge is 2.18. The van der Waals surface area contributed by atoms with Crippen molar-refractivity contribution in [1.82, 2.24) is 13.7 Å². The molecule has 3 heteroatoms. The van der Waals surface area contributed by atoms with Gasteiger partial charge in [-0.2, -0.15) is 0 Å². The Labute approximate surface area is 396 Å². The van der Waals surface area contributed by atoms with E-state index in [4.69, 9.17) is 0 Å². The van der Waals surface area contributed by atoms with Crippen LogP contribution in [0.3, 0.4) is 0 Å². The first-order valence-corrected chi connectivity index (χ1v) is 23.3. The number of allylic oxidation sites excluding steroid dienone is 3. The molecule has 68 heavy (non-hydrogen) atoms. The smallest absolute Gasteiger partial charge is 0.0534 e. The van der Waals surface area contributed by atoms with Gasteiger partial charge >= 0.3 is 0 Å². The normalized spacial score (nSPS) is 11.6. The van der Waals surface area contributed by atoms with E-state index in [0.29, 0.717) is 0 Å². The molecule has 0 fully saturated rings. The lowest BCUT2D eigenvalue weighted by atomic mass is 9.98. The number of aromatic nitrogens is 3. The lowest BCUT2D eigenvalue weighted by Gasteiger charge is -2.19. The molecule has 322 valence electrons. The number of hydrogen-bond acceptors (Lipinski definition) is 0. The standard InChI is InChI=1S/C60H39N3.C5H8/c1-4-16-43-34-55-46(31-40(43)13-1)19-7-22-52(55)58-25-10-28-61(58)49-37-50(62-29-11-26-59(62)53-23-8-20-47-32-41-14-2-5-17-44(41)35-56(47)53)39-51(38-49)63-30-12-27-60(63)54-24-9-21-48-33-42-15-3-6-18-45(42)36-57(48)54;1-3-5-4-2/h1-39H;3-5H,1H2,2H3/b;5-4-. The van der Waals surface area contributed by atoms with E-state index in [0.717, 1.165) is 34.1 Å². The molecule has 0 N–H and O–H groups in total. The number of fused-ring (bicyclic) bond motifs is 6. The molecular weight excluding hydrogens is 823 g/mol. The lowest BCUT2D eigenvalue weighted by Crippen LogP contribution is -2.04. The van der Waals surface area contributed by atoms with Gasteiger partial charge in [-0.15, -0.1) is 0 Å². The molecule has 0 aliphatic heterocycles. The van der Waals surface area contributed by atoms with Crippen LogP contribution in [0.4, 0.5) is 0 Å². The lowest BCUT2D eigenvalue weighted by molar-refractivity contribution is 1.02. The van der Waals surface area contributed by atoms with E-state index < -0.39 is 0 Å². The summed E-state index contributed by atoms with van der Waals surface area (Å²) in [6.45, 7) is 5.42. The second-order valence-corrected chi connectivity index (χ2v) is 17.4. The molecular formula is C65H47N3. The van der Waals surface area contributed by atoms with Gasteiger partial charge in [0.1, 0.15) is 0 Å². The fourth-order valence-corrected chi connectivity index (χ4v) is 10.2. The Bertz CT molecular complexity index is 3660. The van der Waals surface area contributed by atoms with Crippen LogP contribution in [0.15, 0.2) is 262 Å². The molecule has 0 unspecified atom stereocenters. The molecule has 0 amide bonds. The van der Waals surface area contributed by atoms with Crippen molar-refractivity contribution in [2.24, 2.45) is 0 Å². The van der Waals surface area contributed by atoms with Crippen LogP contribution in [0.5, 0.6) is 0 Å². The molecule has 3 aromatic heterocycles. The van der Waals surface area contributed by atoms with Crippen LogP contribution in [0.1, 0.15) is 6.92 Å². The summed E-state index contributed by atoms with van der Waals surface area (Å²) < 4.78 is 7.08. The number of rotatable bonds is 7. The van der Waals surface area contributed by atoms with Crippen LogP contribution in [-0.4, -0.2) is 13.7 Å². The van der Waals surface area contributed by atoms with Gasteiger partial charge in [0.25, 0.3) is 0 Å². The van der Waals surface area contributed by atoms with Gasteiger partial charge in [0, 0.05) is 52.3 Å². The second-order valence-electron chi connectivity index (χ2n) is 17.4. The highest BCUT2D eigenvalue weighted by atomic mass is 15.0. The number of hydrogen-bond donors (Lipinski definition) is 0. The van der Waals surface area contributed by atoms with Gasteiger partial charge in [-0.3, -0.25) is 0 Å². The molecule has 0 aliphatic rings. The first-order valence-electron chi connectivity index (χ1n) is 23.3. The van der Waals surface area contributed by atoms with Crippen molar-refractivity contribution in [3.8, 4) is 50.8 Å². The van der Waals surface area contributed by atoms with Crippen LogP contribution in [-0.2, 0) is 0 Å². The molecule has 0 bridgehead atoms. The third kappa shape index (κ3) is 7.18. The van der Waals surface area contributed by atoms with E-state index >= 15 is 0 Å². The van der Waals surface area contributed by atoms with E-state index in [9.17, 15) is 0 Å². The van der Waals surface area contributed by atoms with E-state index in [1.54, 1.807) is 6.08 Å². The van der Waals surface area contributed by atoms with Gasteiger partial charge < -0.3 is 13.7 Å². The molecule has 0 aliphatic carbocycles. The zero-order chi connectivity index (χ0) is 45.6. The zero-order valence-electron chi connectivity index (χ0n) is 37.8. The summed E-state index contributed by atoms with van der Waals surface area (Å²) in [7, 11) is 0. The first kappa shape index (κ1) is 40.6. The SMILES string of the molecule is C=C/C=C\C.c1ccc2cc3c(-c4cccn4-c4cc(-n5cccc5-c5cccc6cc7ccccc7cc56)cc(-n5cccc5-c5cccc6cc7ccccc7cc56)c4)cccc3cc2c1. The maximum atomic E-state index is 3.46. The summed E-state index contributed by atoms with van der Waals surface area (Å²) in [5.41, 5.74) is 10.2.